The quantitative estimate of drug-likeness (QED) is 0.531. The normalized spacial score (nSPS) is 9.89. The van der Waals surface area contributed by atoms with Crippen molar-refractivity contribution in [3.8, 4) is 0 Å². The van der Waals surface area contributed by atoms with Crippen LogP contribution in [0.4, 0.5) is 4.79 Å². The molecule has 1 aromatic carbocycles. The van der Waals surface area contributed by atoms with Crippen molar-refractivity contribution in [1.82, 2.24) is 10.6 Å². The van der Waals surface area contributed by atoms with Gasteiger partial charge in [0.15, 0.2) is 0 Å². The summed E-state index contributed by atoms with van der Waals surface area (Å²) in [4.78, 5) is 11.4. The minimum absolute atomic E-state index is 0.313. The molecule has 1 amide bonds. The summed E-state index contributed by atoms with van der Waals surface area (Å²) < 4.78 is 5.09. The Kier molecular flexibility index (Phi) is 8.14. The van der Waals surface area contributed by atoms with Crippen LogP contribution in [0.25, 0.3) is 0 Å². The van der Waals surface area contributed by atoms with E-state index in [4.69, 9.17) is 4.74 Å². The highest BCUT2D eigenvalue weighted by Gasteiger charge is 2.01. The number of hydrogen-bond acceptors (Lipinski definition) is 3. The Bertz CT molecular complexity index is 366. The molecule has 0 saturated carbocycles. The molecule has 4 heteroatoms. The molecule has 0 aromatic heterocycles. The number of benzene rings is 1. The van der Waals surface area contributed by atoms with E-state index in [-0.39, 0.29) is 6.09 Å². The van der Waals surface area contributed by atoms with Crippen molar-refractivity contribution in [2.24, 2.45) is 0 Å². The van der Waals surface area contributed by atoms with Crippen molar-refractivity contribution >= 4 is 6.09 Å². The zero-order chi connectivity index (χ0) is 13.8. The molecule has 0 spiro atoms. The van der Waals surface area contributed by atoms with Crippen LogP contribution in [0.2, 0.25) is 0 Å². The molecule has 104 valence electrons. The fraction of sp³-hybridized carbons (Fsp3) is 0.400. The molecule has 0 saturated heterocycles. The summed E-state index contributed by atoms with van der Waals surface area (Å²) in [6.07, 6.45) is 3.43. The number of hydrogen-bond donors (Lipinski definition) is 2. The minimum atomic E-state index is -0.358. The lowest BCUT2D eigenvalue weighted by atomic mass is 10.2. The van der Waals surface area contributed by atoms with Gasteiger partial charge in [-0.15, -0.1) is 6.58 Å². The second-order valence-corrected chi connectivity index (χ2v) is 4.19. The van der Waals surface area contributed by atoms with Gasteiger partial charge in [-0.1, -0.05) is 36.4 Å². The first-order valence-corrected chi connectivity index (χ1v) is 6.59. The summed E-state index contributed by atoms with van der Waals surface area (Å²) in [7, 11) is 0. The van der Waals surface area contributed by atoms with Crippen molar-refractivity contribution in [3.63, 3.8) is 0 Å². The Hall–Kier alpha value is -1.81. The van der Waals surface area contributed by atoms with Crippen LogP contribution in [0, 0.1) is 0 Å². The van der Waals surface area contributed by atoms with E-state index in [2.05, 4.69) is 17.2 Å². The maximum absolute atomic E-state index is 11.4. The fourth-order valence-corrected chi connectivity index (χ4v) is 1.54. The molecule has 2 N–H and O–H groups in total. The average Bonchev–Trinajstić information content (AvgIpc) is 2.45. The van der Waals surface area contributed by atoms with E-state index in [0.717, 1.165) is 31.5 Å². The van der Waals surface area contributed by atoms with Crippen LogP contribution < -0.4 is 10.6 Å². The van der Waals surface area contributed by atoms with Crippen LogP contribution in [0.1, 0.15) is 18.4 Å². The zero-order valence-electron chi connectivity index (χ0n) is 11.2. The van der Waals surface area contributed by atoms with Gasteiger partial charge in [-0.25, -0.2) is 4.79 Å². The number of alkyl carbamates (subject to hydrolysis) is 1. The maximum Gasteiger partial charge on any atom is 0.407 e. The predicted octanol–water partition coefficient (Wildman–Crippen LogP) is 2.47. The van der Waals surface area contributed by atoms with Gasteiger partial charge in [0.25, 0.3) is 0 Å². The smallest absolute Gasteiger partial charge is 0.407 e. The second-order valence-electron chi connectivity index (χ2n) is 4.19. The lowest BCUT2D eigenvalue weighted by molar-refractivity contribution is 0.139. The largest absolute Gasteiger partial charge is 0.445 e. The Morgan fingerprint density at radius 2 is 1.95 bits per heavy atom. The molecule has 1 rings (SSSR count). The molecule has 0 unspecified atom stereocenters. The summed E-state index contributed by atoms with van der Waals surface area (Å²) in [5.41, 5.74) is 0.992. The number of amides is 1. The molecule has 4 nitrogen and oxygen atoms in total. The fourth-order valence-electron chi connectivity index (χ4n) is 1.54. The van der Waals surface area contributed by atoms with Gasteiger partial charge in [-0.05, 0) is 24.9 Å². The molecule has 19 heavy (non-hydrogen) atoms. The molecule has 0 aliphatic rings. The van der Waals surface area contributed by atoms with Crippen LogP contribution in [0.15, 0.2) is 43.0 Å². The van der Waals surface area contributed by atoms with Crippen LogP contribution in [-0.2, 0) is 11.3 Å². The molecule has 0 aliphatic heterocycles. The third kappa shape index (κ3) is 8.00. The lowest BCUT2D eigenvalue weighted by Gasteiger charge is -2.07. The molecular formula is C15H22N2O2. The van der Waals surface area contributed by atoms with Gasteiger partial charge in [-0.2, -0.15) is 0 Å². The van der Waals surface area contributed by atoms with Crippen LogP contribution in [0.3, 0.4) is 0 Å². The van der Waals surface area contributed by atoms with Crippen molar-refractivity contribution in [2.75, 3.05) is 19.6 Å². The molecule has 1 aromatic rings. The number of ether oxygens (including phenoxy) is 1. The SMILES string of the molecule is C=CCNCCCCNC(=O)OCc1ccccc1. The highest BCUT2D eigenvalue weighted by molar-refractivity contribution is 5.67. The van der Waals surface area contributed by atoms with E-state index in [1.807, 2.05) is 36.4 Å². The van der Waals surface area contributed by atoms with Gasteiger partial charge in [0.1, 0.15) is 6.61 Å². The van der Waals surface area contributed by atoms with Gasteiger partial charge in [0, 0.05) is 13.1 Å². The van der Waals surface area contributed by atoms with E-state index >= 15 is 0 Å². The molecule has 0 radical (unpaired) electrons. The number of rotatable bonds is 9. The van der Waals surface area contributed by atoms with Gasteiger partial charge in [0.2, 0.25) is 0 Å². The minimum Gasteiger partial charge on any atom is -0.445 e. The third-order valence-electron chi connectivity index (χ3n) is 2.55. The topological polar surface area (TPSA) is 50.4 Å². The number of nitrogens with one attached hydrogen (secondary N) is 2. The standard InChI is InChI=1S/C15H22N2O2/c1-2-10-16-11-6-7-12-17-15(18)19-13-14-8-4-3-5-9-14/h2-5,8-9,16H,1,6-7,10-13H2,(H,17,18). The van der Waals surface area contributed by atoms with Crippen molar-refractivity contribution < 1.29 is 9.53 Å². The Morgan fingerprint density at radius 1 is 1.21 bits per heavy atom. The van der Waals surface area contributed by atoms with Crippen molar-refractivity contribution in [1.29, 1.82) is 0 Å². The molecule has 0 fully saturated rings. The molecule has 0 atom stereocenters. The van der Waals surface area contributed by atoms with Crippen LogP contribution in [-0.4, -0.2) is 25.7 Å². The van der Waals surface area contributed by atoms with E-state index in [0.29, 0.717) is 13.2 Å². The zero-order valence-corrected chi connectivity index (χ0v) is 11.2. The Balaban J connectivity index is 1.98. The van der Waals surface area contributed by atoms with E-state index in [1.54, 1.807) is 0 Å². The second kappa shape index (κ2) is 10.1. The number of unbranched alkanes of at least 4 members (excludes halogenated alkanes) is 1. The van der Waals surface area contributed by atoms with Crippen LogP contribution >= 0.6 is 0 Å². The highest BCUT2D eigenvalue weighted by atomic mass is 16.5. The maximum atomic E-state index is 11.4. The summed E-state index contributed by atoms with van der Waals surface area (Å²) >= 11 is 0. The molecule has 0 aliphatic carbocycles. The third-order valence-corrected chi connectivity index (χ3v) is 2.55. The van der Waals surface area contributed by atoms with Gasteiger partial charge >= 0.3 is 6.09 Å². The Labute approximate surface area is 114 Å². The van der Waals surface area contributed by atoms with E-state index in [9.17, 15) is 4.79 Å². The first kappa shape index (κ1) is 15.2. The monoisotopic (exact) mass is 262 g/mol. The first-order chi connectivity index (χ1) is 9.33. The van der Waals surface area contributed by atoms with E-state index in [1.165, 1.54) is 0 Å². The van der Waals surface area contributed by atoms with Crippen molar-refractivity contribution in [3.05, 3.63) is 48.6 Å². The molecule has 0 bridgehead atoms. The number of carbonyl (C=O) groups excluding carboxylic acids is 1. The average molecular weight is 262 g/mol. The highest BCUT2D eigenvalue weighted by Crippen LogP contribution is 2.00. The predicted molar refractivity (Wildman–Crippen MR) is 76.9 cm³/mol. The summed E-state index contributed by atoms with van der Waals surface area (Å²) in [6.45, 7) is 6.35. The first-order valence-electron chi connectivity index (χ1n) is 6.59. The van der Waals surface area contributed by atoms with E-state index < -0.39 is 0 Å². The number of carbonyl (C=O) groups is 1. The lowest BCUT2D eigenvalue weighted by Crippen LogP contribution is -2.26. The van der Waals surface area contributed by atoms with Crippen molar-refractivity contribution in [2.45, 2.75) is 19.4 Å². The van der Waals surface area contributed by atoms with Gasteiger partial charge in [0.05, 0.1) is 0 Å². The summed E-state index contributed by atoms with van der Waals surface area (Å²) in [6, 6.07) is 9.64. The summed E-state index contributed by atoms with van der Waals surface area (Å²) in [5, 5.41) is 5.94. The summed E-state index contributed by atoms with van der Waals surface area (Å²) in [5.74, 6) is 0. The molecule has 0 heterocycles. The molecular weight excluding hydrogens is 240 g/mol. The van der Waals surface area contributed by atoms with Gasteiger partial charge in [-0.3, -0.25) is 0 Å². The Morgan fingerprint density at radius 3 is 2.68 bits per heavy atom. The van der Waals surface area contributed by atoms with Crippen LogP contribution in [0.5, 0.6) is 0 Å². The van der Waals surface area contributed by atoms with Gasteiger partial charge < -0.3 is 15.4 Å².